The Hall–Kier alpha value is -0.370. The van der Waals surface area contributed by atoms with Crippen LogP contribution in [0, 0.1) is 5.92 Å². The summed E-state index contributed by atoms with van der Waals surface area (Å²) >= 11 is 0. The van der Waals surface area contributed by atoms with Crippen molar-refractivity contribution in [3.8, 4) is 0 Å². The van der Waals surface area contributed by atoms with Crippen LogP contribution in [0.1, 0.15) is 26.2 Å². The van der Waals surface area contributed by atoms with Crippen LogP contribution in [0.25, 0.3) is 0 Å². The van der Waals surface area contributed by atoms with Crippen LogP contribution in [0.3, 0.4) is 0 Å². The van der Waals surface area contributed by atoms with Gasteiger partial charge in [0.2, 0.25) is 0 Å². The molecular formula is C9H15NO. The Morgan fingerprint density at radius 1 is 1.45 bits per heavy atom. The lowest BCUT2D eigenvalue weighted by molar-refractivity contribution is -0.121. The number of nitrogens with zero attached hydrogens (tertiary/aromatic N) is 1. The summed E-state index contributed by atoms with van der Waals surface area (Å²) in [6, 6.07) is 0.983. The zero-order chi connectivity index (χ0) is 8.01. The zero-order valence-corrected chi connectivity index (χ0v) is 7.21. The average Bonchev–Trinajstić information content (AvgIpc) is 2.03. The van der Waals surface area contributed by atoms with Crippen LogP contribution in [-0.2, 0) is 4.79 Å². The van der Waals surface area contributed by atoms with E-state index >= 15 is 0 Å². The minimum absolute atomic E-state index is 0.243. The zero-order valence-electron chi connectivity index (χ0n) is 7.21. The van der Waals surface area contributed by atoms with Gasteiger partial charge in [-0.05, 0) is 39.2 Å². The fourth-order valence-corrected chi connectivity index (χ4v) is 2.50. The average molecular weight is 153 g/mol. The molecule has 1 aliphatic heterocycles. The van der Waals surface area contributed by atoms with Crippen LogP contribution in [0.2, 0.25) is 0 Å². The second-order valence-corrected chi connectivity index (χ2v) is 3.93. The van der Waals surface area contributed by atoms with Gasteiger partial charge in [-0.15, -0.1) is 0 Å². The number of hydrogen-bond acceptors (Lipinski definition) is 2. The molecule has 1 heterocycles. The number of likely N-dealkylation sites (tertiary alicyclic amines) is 1. The molecule has 2 aliphatic rings. The van der Waals surface area contributed by atoms with Crippen molar-refractivity contribution in [2.24, 2.45) is 5.92 Å². The van der Waals surface area contributed by atoms with Gasteiger partial charge >= 0.3 is 0 Å². The minimum atomic E-state index is 0.243. The predicted octanol–water partition coefficient (Wildman–Crippen LogP) is 1.06. The van der Waals surface area contributed by atoms with E-state index in [9.17, 15) is 4.79 Å². The Morgan fingerprint density at radius 2 is 2.18 bits per heavy atom. The van der Waals surface area contributed by atoms with Gasteiger partial charge < -0.3 is 0 Å². The van der Waals surface area contributed by atoms with Crippen LogP contribution >= 0.6 is 0 Å². The van der Waals surface area contributed by atoms with Gasteiger partial charge in [0, 0.05) is 6.04 Å². The van der Waals surface area contributed by atoms with Gasteiger partial charge in [-0.3, -0.25) is 9.69 Å². The van der Waals surface area contributed by atoms with E-state index in [-0.39, 0.29) is 6.04 Å². The molecule has 0 N–H and O–H groups in total. The maximum atomic E-state index is 11.1. The molecule has 0 amide bonds. The van der Waals surface area contributed by atoms with Gasteiger partial charge in [-0.25, -0.2) is 0 Å². The van der Waals surface area contributed by atoms with Gasteiger partial charge in [-0.2, -0.15) is 0 Å². The molecule has 1 saturated heterocycles. The molecule has 2 nitrogen and oxygen atoms in total. The second-order valence-electron chi connectivity index (χ2n) is 3.93. The SMILES string of the molecule is CC(=O)C1CC2CCC2N1C. The Labute approximate surface area is 67.6 Å². The summed E-state index contributed by atoms with van der Waals surface area (Å²) in [7, 11) is 2.09. The minimum Gasteiger partial charge on any atom is -0.298 e. The third kappa shape index (κ3) is 0.924. The molecule has 3 unspecified atom stereocenters. The van der Waals surface area contributed by atoms with Crippen LogP contribution in [-0.4, -0.2) is 29.8 Å². The molecule has 0 aromatic heterocycles. The summed E-state index contributed by atoms with van der Waals surface area (Å²) in [4.78, 5) is 13.4. The Balaban J connectivity index is 2.09. The third-order valence-corrected chi connectivity index (χ3v) is 3.39. The first-order chi connectivity index (χ1) is 5.20. The van der Waals surface area contributed by atoms with Crippen molar-refractivity contribution in [3.05, 3.63) is 0 Å². The molecule has 2 rings (SSSR count). The maximum absolute atomic E-state index is 11.1. The Kier molecular flexibility index (Phi) is 1.53. The second kappa shape index (κ2) is 2.31. The fraction of sp³-hybridized carbons (Fsp3) is 0.889. The van der Waals surface area contributed by atoms with Crippen LogP contribution < -0.4 is 0 Å². The first kappa shape index (κ1) is 7.29. The molecular weight excluding hydrogens is 138 g/mol. The largest absolute Gasteiger partial charge is 0.298 e. The van der Waals surface area contributed by atoms with Crippen LogP contribution in [0.4, 0.5) is 0 Å². The van der Waals surface area contributed by atoms with Crippen molar-refractivity contribution in [2.75, 3.05) is 7.05 Å². The van der Waals surface area contributed by atoms with Crippen LogP contribution in [0.15, 0.2) is 0 Å². The molecule has 0 bridgehead atoms. The molecule has 3 atom stereocenters. The number of fused-ring (bicyclic) bond motifs is 1. The molecule has 62 valence electrons. The van der Waals surface area contributed by atoms with E-state index in [0.29, 0.717) is 5.78 Å². The van der Waals surface area contributed by atoms with E-state index in [1.165, 1.54) is 12.8 Å². The number of Topliss-reactive ketones (excluding diaryl/α,β-unsaturated/α-hetero) is 1. The highest BCUT2D eigenvalue weighted by atomic mass is 16.1. The van der Waals surface area contributed by atoms with Crippen LogP contribution in [0.5, 0.6) is 0 Å². The topological polar surface area (TPSA) is 20.3 Å². The Morgan fingerprint density at radius 3 is 2.45 bits per heavy atom. The molecule has 0 radical (unpaired) electrons. The number of carbonyl (C=O) groups excluding carboxylic acids is 1. The number of rotatable bonds is 1. The highest BCUT2D eigenvalue weighted by Crippen LogP contribution is 2.42. The lowest BCUT2D eigenvalue weighted by Gasteiger charge is -2.34. The van der Waals surface area contributed by atoms with Crippen molar-refractivity contribution < 1.29 is 4.79 Å². The molecule has 1 saturated carbocycles. The van der Waals surface area contributed by atoms with E-state index in [1.807, 2.05) is 0 Å². The molecule has 0 aromatic rings. The lowest BCUT2D eigenvalue weighted by Crippen LogP contribution is -2.40. The van der Waals surface area contributed by atoms with Crippen molar-refractivity contribution in [2.45, 2.75) is 38.3 Å². The lowest BCUT2D eigenvalue weighted by atomic mass is 9.80. The fourth-order valence-electron chi connectivity index (χ4n) is 2.50. The molecule has 11 heavy (non-hydrogen) atoms. The molecule has 2 heteroatoms. The van der Waals surface area contributed by atoms with E-state index in [1.54, 1.807) is 6.92 Å². The quantitative estimate of drug-likeness (QED) is 0.561. The summed E-state index contributed by atoms with van der Waals surface area (Å²) in [5.41, 5.74) is 0. The predicted molar refractivity (Wildman–Crippen MR) is 43.4 cm³/mol. The van der Waals surface area contributed by atoms with Gasteiger partial charge in [0.05, 0.1) is 6.04 Å². The number of carbonyl (C=O) groups is 1. The first-order valence-electron chi connectivity index (χ1n) is 4.42. The number of ketones is 1. The molecule has 0 aromatic carbocycles. The standard InChI is InChI=1S/C9H15NO/c1-6(11)9-5-7-3-4-8(7)10(9)2/h7-9H,3-5H2,1-2H3. The molecule has 0 spiro atoms. The smallest absolute Gasteiger partial charge is 0.146 e. The van der Waals surface area contributed by atoms with E-state index in [4.69, 9.17) is 0 Å². The number of likely N-dealkylation sites (N-methyl/N-ethyl adjacent to an activating group) is 1. The summed E-state index contributed by atoms with van der Waals surface area (Å²) in [5, 5.41) is 0. The van der Waals surface area contributed by atoms with Crippen molar-refractivity contribution in [1.82, 2.24) is 4.90 Å². The third-order valence-electron chi connectivity index (χ3n) is 3.39. The molecule has 1 aliphatic carbocycles. The van der Waals surface area contributed by atoms with Gasteiger partial charge in [-0.1, -0.05) is 0 Å². The number of hydrogen-bond donors (Lipinski definition) is 0. The van der Waals surface area contributed by atoms with Crippen molar-refractivity contribution in [3.63, 3.8) is 0 Å². The normalized spacial score (nSPS) is 43.3. The maximum Gasteiger partial charge on any atom is 0.146 e. The highest BCUT2D eigenvalue weighted by Gasteiger charge is 2.45. The first-order valence-corrected chi connectivity index (χ1v) is 4.42. The Bertz CT molecular complexity index is 190. The van der Waals surface area contributed by atoms with E-state index in [0.717, 1.165) is 18.4 Å². The van der Waals surface area contributed by atoms with Gasteiger partial charge in [0.25, 0.3) is 0 Å². The summed E-state index contributed by atoms with van der Waals surface area (Å²) in [6.45, 7) is 1.71. The molecule has 2 fully saturated rings. The van der Waals surface area contributed by atoms with Crippen molar-refractivity contribution >= 4 is 5.78 Å². The summed E-state index contributed by atoms with van der Waals surface area (Å²) in [5.74, 6) is 1.19. The summed E-state index contributed by atoms with van der Waals surface area (Å²) < 4.78 is 0. The monoisotopic (exact) mass is 153 g/mol. The van der Waals surface area contributed by atoms with Crippen molar-refractivity contribution in [1.29, 1.82) is 0 Å². The van der Waals surface area contributed by atoms with Gasteiger partial charge in [0.15, 0.2) is 0 Å². The van der Waals surface area contributed by atoms with E-state index < -0.39 is 0 Å². The summed E-state index contributed by atoms with van der Waals surface area (Å²) in [6.07, 6.45) is 3.78. The highest BCUT2D eigenvalue weighted by molar-refractivity contribution is 5.81. The van der Waals surface area contributed by atoms with Gasteiger partial charge in [0.1, 0.15) is 5.78 Å². The van der Waals surface area contributed by atoms with E-state index in [2.05, 4.69) is 11.9 Å².